The first-order chi connectivity index (χ1) is 17.9. The second-order valence-electron chi connectivity index (χ2n) is 9.96. The number of carbonyl (C=O) groups excluding carboxylic acids is 2. The molecule has 0 saturated heterocycles. The molecule has 5 nitrogen and oxygen atoms in total. The summed E-state index contributed by atoms with van der Waals surface area (Å²) >= 11 is 0. The molecule has 2 amide bonds. The minimum atomic E-state index is -0.733. The van der Waals surface area contributed by atoms with Gasteiger partial charge in [-0.3, -0.25) is 9.59 Å². The lowest BCUT2D eigenvalue weighted by atomic mass is 10.0. The normalized spacial score (nSPS) is 14.2. The zero-order valence-corrected chi connectivity index (χ0v) is 21.6. The highest BCUT2D eigenvalue weighted by molar-refractivity contribution is 5.88. The van der Waals surface area contributed by atoms with E-state index in [2.05, 4.69) is 5.32 Å². The number of nitrogens with zero attached hydrogens (tertiary/aromatic N) is 1. The molecule has 3 aromatic rings. The van der Waals surface area contributed by atoms with E-state index < -0.39 is 6.04 Å². The lowest BCUT2D eigenvalue weighted by molar-refractivity contribution is -0.143. The SMILES string of the molecule is Cc1cc(C)cc(OCC(=O)N(Cc2ccc(F)cc2)C(Cc2ccccc2)C(=O)NC2CCCC2)c1. The first-order valence-electron chi connectivity index (χ1n) is 13.0. The van der Waals surface area contributed by atoms with E-state index in [9.17, 15) is 14.0 Å². The Morgan fingerprint density at radius 1 is 0.946 bits per heavy atom. The highest BCUT2D eigenvalue weighted by Gasteiger charge is 2.32. The highest BCUT2D eigenvalue weighted by atomic mass is 19.1. The Morgan fingerprint density at radius 3 is 2.24 bits per heavy atom. The maximum absolute atomic E-state index is 13.7. The average Bonchev–Trinajstić information content (AvgIpc) is 3.39. The third-order valence-corrected chi connectivity index (χ3v) is 6.80. The Morgan fingerprint density at radius 2 is 1.59 bits per heavy atom. The standard InChI is InChI=1S/C31H35FN2O3/c1-22-16-23(2)18-28(17-22)37-21-30(35)34(20-25-12-14-26(32)15-13-25)29(19-24-8-4-3-5-9-24)31(36)33-27-10-6-7-11-27/h3-5,8-9,12-18,27,29H,6-7,10-11,19-21H2,1-2H3,(H,33,36). The summed E-state index contributed by atoms with van der Waals surface area (Å²) < 4.78 is 19.5. The number of benzene rings is 3. The molecule has 1 N–H and O–H groups in total. The number of ether oxygens (including phenoxy) is 1. The summed E-state index contributed by atoms with van der Waals surface area (Å²) in [6.45, 7) is 3.93. The summed E-state index contributed by atoms with van der Waals surface area (Å²) in [7, 11) is 0. The van der Waals surface area contributed by atoms with Crippen LogP contribution in [0, 0.1) is 19.7 Å². The number of carbonyl (C=O) groups is 2. The van der Waals surface area contributed by atoms with Crippen molar-refractivity contribution in [3.63, 3.8) is 0 Å². The topological polar surface area (TPSA) is 58.6 Å². The fourth-order valence-electron chi connectivity index (χ4n) is 4.95. The molecular weight excluding hydrogens is 467 g/mol. The van der Waals surface area contributed by atoms with Gasteiger partial charge in [0.15, 0.2) is 6.61 Å². The molecular formula is C31H35FN2O3. The highest BCUT2D eigenvalue weighted by Crippen LogP contribution is 2.21. The van der Waals surface area contributed by atoms with Gasteiger partial charge in [0.25, 0.3) is 5.91 Å². The number of nitrogens with one attached hydrogen (secondary N) is 1. The minimum Gasteiger partial charge on any atom is -0.484 e. The van der Waals surface area contributed by atoms with Gasteiger partial charge in [0.1, 0.15) is 17.6 Å². The van der Waals surface area contributed by atoms with Crippen LogP contribution in [-0.4, -0.2) is 35.4 Å². The molecule has 0 radical (unpaired) electrons. The van der Waals surface area contributed by atoms with E-state index in [1.807, 2.05) is 62.4 Å². The van der Waals surface area contributed by atoms with E-state index >= 15 is 0 Å². The van der Waals surface area contributed by atoms with Gasteiger partial charge in [0, 0.05) is 19.0 Å². The third kappa shape index (κ3) is 7.66. The molecule has 0 bridgehead atoms. The Labute approximate surface area is 218 Å². The van der Waals surface area contributed by atoms with Crippen molar-refractivity contribution < 1.29 is 18.7 Å². The van der Waals surface area contributed by atoms with Crippen LogP contribution in [0.4, 0.5) is 4.39 Å². The van der Waals surface area contributed by atoms with Crippen molar-refractivity contribution in [3.05, 3.63) is 101 Å². The van der Waals surface area contributed by atoms with Crippen molar-refractivity contribution in [1.82, 2.24) is 10.2 Å². The third-order valence-electron chi connectivity index (χ3n) is 6.80. The van der Waals surface area contributed by atoms with Crippen LogP contribution in [0.3, 0.4) is 0 Å². The van der Waals surface area contributed by atoms with Crippen molar-refractivity contribution in [2.75, 3.05) is 6.61 Å². The smallest absolute Gasteiger partial charge is 0.261 e. The van der Waals surface area contributed by atoms with E-state index in [1.54, 1.807) is 17.0 Å². The first kappa shape index (κ1) is 26.4. The fourth-order valence-corrected chi connectivity index (χ4v) is 4.95. The molecule has 1 atom stereocenters. The lowest BCUT2D eigenvalue weighted by Crippen LogP contribution is -2.53. The maximum atomic E-state index is 13.7. The van der Waals surface area contributed by atoms with Gasteiger partial charge in [0.2, 0.25) is 5.91 Å². The molecule has 1 aliphatic rings. The molecule has 1 unspecified atom stereocenters. The van der Waals surface area contributed by atoms with Gasteiger partial charge in [-0.2, -0.15) is 0 Å². The van der Waals surface area contributed by atoms with Crippen molar-refractivity contribution in [3.8, 4) is 5.75 Å². The van der Waals surface area contributed by atoms with E-state index in [0.717, 1.165) is 47.9 Å². The summed E-state index contributed by atoms with van der Waals surface area (Å²) in [6, 6.07) is 20.9. The van der Waals surface area contributed by atoms with Crippen LogP contribution in [-0.2, 0) is 22.6 Å². The van der Waals surface area contributed by atoms with Crippen LogP contribution < -0.4 is 10.1 Å². The van der Waals surface area contributed by atoms with Crippen LogP contribution in [0.15, 0.2) is 72.8 Å². The molecule has 0 aliphatic heterocycles. The summed E-state index contributed by atoms with van der Waals surface area (Å²) in [6.07, 6.45) is 4.46. The number of hydrogen-bond donors (Lipinski definition) is 1. The first-order valence-corrected chi connectivity index (χ1v) is 13.0. The molecule has 37 heavy (non-hydrogen) atoms. The number of hydrogen-bond acceptors (Lipinski definition) is 3. The molecule has 1 fully saturated rings. The number of halogens is 1. The quantitative estimate of drug-likeness (QED) is 0.397. The molecule has 0 aromatic heterocycles. The minimum absolute atomic E-state index is 0.125. The van der Waals surface area contributed by atoms with Gasteiger partial charge < -0.3 is 15.0 Å². The predicted molar refractivity (Wildman–Crippen MR) is 143 cm³/mol. The zero-order valence-electron chi connectivity index (χ0n) is 21.6. The second-order valence-corrected chi connectivity index (χ2v) is 9.96. The van der Waals surface area contributed by atoms with Crippen molar-refractivity contribution in [1.29, 1.82) is 0 Å². The molecule has 3 aromatic carbocycles. The summed E-state index contributed by atoms with van der Waals surface area (Å²) in [5, 5.41) is 3.18. The van der Waals surface area contributed by atoms with Gasteiger partial charge >= 0.3 is 0 Å². The van der Waals surface area contributed by atoms with Crippen LogP contribution >= 0.6 is 0 Å². The largest absolute Gasteiger partial charge is 0.484 e. The van der Waals surface area contributed by atoms with Crippen molar-refractivity contribution in [2.24, 2.45) is 0 Å². The summed E-state index contributed by atoms with van der Waals surface area (Å²) in [4.78, 5) is 28.9. The van der Waals surface area contributed by atoms with E-state index in [4.69, 9.17) is 4.74 Å². The predicted octanol–water partition coefficient (Wildman–Crippen LogP) is 5.52. The van der Waals surface area contributed by atoms with Gasteiger partial charge in [-0.1, -0.05) is 61.4 Å². The molecule has 0 spiro atoms. The number of aryl methyl sites for hydroxylation is 2. The lowest BCUT2D eigenvalue weighted by Gasteiger charge is -2.32. The van der Waals surface area contributed by atoms with Gasteiger partial charge in [-0.05, 0) is 73.2 Å². The molecule has 6 heteroatoms. The molecule has 1 aliphatic carbocycles. The summed E-state index contributed by atoms with van der Waals surface area (Å²) in [5.41, 5.74) is 3.79. The molecule has 0 heterocycles. The van der Waals surface area contributed by atoms with Gasteiger partial charge in [-0.25, -0.2) is 4.39 Å². The molecule has 194 valence electrons. The molecule has 1 saturated carbocycles. The Kier molecular flexibility index (Phi) is 8.94. The maximum Gasteiger partial charge on any atom is 0.261 e. The second kappa shape index (κ2) is 12.5. The van der Waals surface area contributed by atoms with E-state index in [-0.39, 0.29) is 36.8 Å². The van der Waals surface area contributed by atoms with Crippen LogP contribution in [0.5, 0.6) is 5.75 Å². The Bertz CT molecular complexity index is 1170. The Balaban J connectivity index is 1.61. The molecule has 4 rings (SSSR count). The van der Waals surface area contributed by atoms with E-state index in [0.29, 0.717) is 12.2 Å². The van der Waals surface area contributed by atoms with Crippen molar-refractivity contribution >= 4 is 11.8 Å². The number of rotatable bonds is 10. The fraction of sp³-hybridized carbons (Fsp3) is 0.355. The van der Waals surface area contributed by atoms with Crippen molar-refractivity contribution in [2.45, 2.75) is 64.6 Å². The van der Waals surface area contributed by atoms with Gasteiger partial charge in [0.05, 0.1) is 0 Å². The van der Waals surface area contributed by atoms with Crippen LogP contribution in [0.1, 0.15) is 47.9 Å². The van der Waals surface area contributed by atoms with E-state index in [1.165, 1.54) is 12.1 Å². The van der Waals surface area contributed by atoms with Crippen LogP contribution in [0.25, 0.3) is 0 Å². The number of amides is 2. The summed E-state index contributed by atoms with van der Waals surface area (Å²) in [5.74, 6) is -0.203. The average molecular weight is 503 g/mol. The zero-order chi connectivity index (χ0) is 26.2. The monoisotopic (exact) mass is 502 g/mol. The van der Waals surface area contributed by atoms with Gasteiger partial charge in [-0.15, -0.1) is 0 Å². The van der Waals surface area contributed by atoms with Crippen LogP contribution in [0.2, 0.25) is 0 Å². The Hall–Kier alpha value is -3.67.